The highest BCUT2D eigenvalue weighted by Crippen LogP contribution is 2.40. The molecule has 5 nitrogen and oxygen atoms in total. The smallest absolute Gasteiger partial charge is 0.238 e. The lowest BCUT2D eigenvalue weighted by Gasteiger charge is -2.14. The Morgan fingerprint density at radius 3 is 1.26 bits per heavy atom. The predicted octanol–water partition coefficient (Wildman–Crippen LogP) is 14.4. The van der Waals surface area contributed by atoms with Gasteiger partial charge >= 0.3 is 0 Å². The molecule has 0 aliphatic carbocycles. The van der Waals surface area contributed by atoms with E-state index in [2.05, 4.69) is 173 Å². The van der Waals surface area contributed by atoms with E-state index in [0.717, 1.165) is 55.3 Å². The zero-order chi connectivity index (χ0) is 41.0. The van der Waals surface area contributed by atoms with Crippen LogP contribution in [0.3, 0.4) is 0 Å². The molecular formula is C57H37N5. The van der Waals surface area contributed by atoms with Crippen molar-refractivity contribution in [3.05, 3.63) is 224 Å². The fourth-order valence-electron chi connectivity index (χ4n) is 9.03. The van der Waals surface area contributed by atoms with Crippen molar-refractivity contribution in [1.29, 1.82) is 0 Å². The van der Waals surface area contributed by atoms with Crippen LogP contribution >= 0.6 is 0 Å². The van der Waals surface area contributed by atoms with E-state index in [1.54, 1.807) is 0 Å². The molecule has 0 unspecified atom stereocenters. The quantitative estimate of drug-likeness (QED) is 0.162. The van der Waals surface area contributed by atoms with Gasteiger partial charge in [-0.2, -0.15) is 9.97 Å². The van der Waals surface area contributed by atoms with Crippen LogP contribution in [0.5, 0.6) is 0 Å². The standard InChI is InChI=1S/C57H37N5/c1-5-17-38(18-6-1)44-33-45(39-19-7-2-8-20-39)35-46(34-44)61-51-27-15-13-25-47(51)49-31-29-43(37-54(49)61)42-30-32-53-50(36-42)48-26-14-16-28-52(48)62(53)57-59-55(40-21-9-3-10-22-40)58-56(60-57)41-23-11-4-12-24-41/h1-37H. The summed E-state index contributed by atoms with van der Waals surface area (Å²) in [6, 6.07) is 79.6. The van der Waals surface area contributed by atoms with Gasteiger partial charge in [-0.05, 0) is 81.9 Å². The first kappa shape index (κ1) is 35.5. The van der Waals surface area contributed by atoms with Gasteiger partial charge in [0, 0.05) is 38.4 Å². The molecule has 3 aromatic heterocycles. The van der Waals surface area contributed by atoms with Gasteiger partial charge in [0.2, 0.25) is 5.95 Å². The molecule has 62 heavy (non-hydrogen) atoms. The topological polar surface area (TPSA) is 48.5 Å². The summed E-state index contributed by atoms with van der Waals surface area (Å²) < 4.78 is 4.62. The lowest BCUT2D eigenvalue weighted by Crippen LogP contribution is -2.06. The zero-order valence-electron chi connectivity index (χ0n) is 33.6. The number of fused-ring (bicyclic) bond motifs is 6. The SMILES string of the molecule is c1ccc(-c2cc(-c3ccccc3)cc(-n3c4ccccc4c4ccc(-c5ccc6c(c5)c5ccccc5n6-c5nc(-c6ccccc6)nc(-c6ccccc6)n5)cc43)c2)cc1. The van der Waals surface area contributed by atoms with Crippen LogP contribution in [-0.4, -0.2) is 24.1 Å². The first-order chi connectivity index (χ1) is 30.7. The molecule has 5 heteroatoms. The molecule has 12 aromatic rings. The van der Waals surface area contributed by atoms with Gasteiger partial charge in [0.05, 0.1) is 22.1 Å². The molecule has 12 rings (SSSR count). The summed E-state index contributed by atoms with van der Waals surface area (Å²) in [5.74, 6) is 1.84. The van der Waals surface area contributed by atoms with Crippen molar-refractivity contribution in [1.82, 2.24) is 24.1 Å². The van der Waals surface area contributed by atoms with E-state index in [9.17, 15) is 0 Å². The molecule has 0 aliphatic rings. The van der Waals surface area contributed by atoms with Crippen LogP contribution in [0.4, 0.5) is 0 Å². The second-order valence-electron chi connectivity index (χ2n) is 15.7. The van der Waals surface area contributed by atoms with Crippen molar-refractivity contribution < 1.29 is 0 Å². The summed E-state index contributed by atoms with van der Waals surface area (Å²) in [6.45, 7) is 0. The van der Waals surface area contributed by atoms with Crippen LogP contribution in [0.25, 0.3) is 111 Å². The van der Waals surface area contributed by atoms with E-state index in [1.165, 1.54) is 38.5 Å². The number of hydrogen-bond donors (Lipinski definition) is 0. The maximum absolute atomic E-state index is 5.13. The van der Waals surface area contributed by atoms with Crippen molar-refractivity contribution in [2.45, 2.75) is 0 Å². The van der Waals surface area contributed by atoms with Crippen molar-refractivity contribution in [2.75, 3.05) is 0 Å². The predicted molar refractivity (Wildman–Crippen MR) is 256 cm³/mol. The van der Waals surface area contributed by atoms with E-state index < -0.39 is 0 Å². The van der Waals surface area contributed by atoms with Gasteiger partial charge in [0.1, 0.15) is 0 Å². The van der Waals surface area contributed by atoms with Crippen molar-refractivity contribution in [2.24, 2.45) is 0 Å². The molecule has 290 valence electrons. The van der Waals surface area contributed by atoms with Gasteiger partial charge in [0.25, 0.3) is 0 Å². The van der Waals surface area contributed by atoms with Crippen LogP contribution in [-0.2, 0) is 0 Å². The van der Waals surface area contributed by atoms with Crippen molar-refractivity contribution in [3.8, 4) is 67.8 Å². The second kappa shape index (κ2) is 14.7. The average molecular weight is 792 g/mol. The Labute approximate surface area is 358 Å². The fraction of sp³-hybridized carbons (Fsp3) is 0. The van der Waals surface area contributed by atoms with Gasteiger partial charge in [-0.3, -0.25) is 4.57 Å². The minimum atomic E-state index is 0.579. The Balaban J connectivity index is 1.05. The molecule has 0 saturated heterocycles. The van der Waals surface area contributed by atoms with E-state index in [-0.39, 0.29) is 0 Å². The molecule has 0 bridgehead atoms. The highest BCUT2D eigenvalue weighted by molar-refractivity contribution is 6.12. The Morgan fingerprint density at radius 1 is 0.242 bits per heavy atom. The number of rotatable bonds is 7. The summed E-state index contributed by atoms with van der Waals surface area (Å²) >= 11 is 0. The van der Waals surface area contributed by atoms with Crippen LogP contribution in [0, 0.1) is 0 Å². The molecule has 0 saturated carbocycles. The molecule has 0 atom stereocenters. The van der Waals surface area contributed by atoms with E-state index in [4.69, 9.17) is 15.0 Å². The van der Waals surface area contributed by atoms with Crippen LogP contribution in [0.1, 0.15) is 0 Å². The van der Waals surface area contributed by atoms with Gasteiger partial charge in [-0.1, -0.05) is 176 Å². The minimum Gasteiger partial charge on any atom is -0.309 e. The molecule has 3 heterocycles. The fourth-order valence-corrected chi connectivity index (χ4v) is 9.03. The molecular weight excluding hydrogens is 755 g/mol. The lowest BCUT2D eigenvalue weighted by molar-refractivity contribution is 0.953. The number of aromatic nitrogens is 5. The number of hydrogen-bond acceptors (Lipinski definition) is 3. The molecule has 0 aliphatic heterocycles. The van der Waals surface area contributed by atoms with Gasteiger partial charge < -0.3 is 4.57 Å². The maximum atomic E-state index is 5.13. The second-order valence-corrected chi connectivity index (χ2v) is 15.7. The van der Waals surface area contributed by atoms with Crippen molar-refractivity contribution in [3.63, 3.8) is 0 Å². The minimum absolute atomic E-state index is 0.579. The summed E-state index contributed by atoms with van der Waals surface area (Å²) in [6.07, 6.45) is 0. The molecule has 9 aromatic carbocycles. The van der Waals surface area contributed by atoms with Gasteiger partial charge in [-0.15, -0.1) is 0 Å². The Bertz CT molecular complexity index is 3500. The third kappa shape index (κ3) is 6.06. The number of nitrogens with zero attached hydrogens (tertiary/aromatic N) is 5. The highest BCUT2D eigenvalue weighted by Gasteiger charge is 2.20. The molecule has 0 amide bonds. The monoisotopic (exact) mass is 791 g/mol. The molecule has 0 radical (unpaired) electrons. The Hall–Kier alpha value is -8.41. The third-order valence-corrected chi connectivity index (χ3v) is 12.0. The summed E-state index contributed by atoms with van der Waals surface area (Å²) in [4.78, 5) is 15.2. The van der Waals surface area contributed by atoms with Gasteiger partial charge in [-0.25, -0.2) is 4.98 Å². The molecule has 0 spiro atoms. The molecule has 0 N–H and O–H groups in total. The number of benzene rings is 9. The summed E-state index contributed by atoms with van der Waals surface area (Å²) in [5, 5.41) is 4.70. The van der Waals surface area contributed by atoms with Gasteiger partial charge in [0.15, 0.2) is 11.6 Å². The largest absolute Gasteiger partial charge is 0.309 e. The third-order valence-electron chi connectivity index (χ3n) is 12.0. The van der Waals surface area contributed by atoms with E-state index in [1.807, 2.05) is 60.7 Å². The summed E-state index contributed by atoms with van der Waals surface area (Å²) in [7, 11) is 0. The van der Waals surface area contributed by atoms with Crippen molar-refractivity contribution >= 4 is 43.6 Å². The van der Waals surface area contributed by atoms with E-state index in [0.29, 0.717) is 17.6 Å². The molecule has 0 fully saturated rings. The average Bonchev–Trinajstić information content (AvgIpc) is 3.87. The van der Waals surface area contributed by atoms with E-state index >= 15 is 0 Å². The lowest BCUT2D eigenvalue weighted by atomic mass is 9.98. The highest BCUT2D eigenvalue weighted by atomic mass is 15.2. The Morgan fingerprint density at radius 2 is 0.677 bits per heavy atom. The first-order valence-electron chi connectivity index (χ1n) is 20.9. The van der Waals surface area contributed by atoms with Crippen LogP contribution in [0.2, 0.25) is 0 Å². The zero-order valence-corrected chi connectivity index (χ0v) is 33.6. The first-order valence-corrected chi connectivity index (χ1v) is 20.9. The maximum Gasteiger partial charge on any atom is 0.238 e. The number of para-hydroxylation sites is 2. The normalized spacial score (nSPS) is 11.5. The van der Waals surface area contributed by atoms with Crippen LogP contribution < -0.4 is 0 Å². The van der Waals surface area contributed by atoms with Crippen LogP contribution in [0.15, 0.2) is 224 Å². The summed E-state index contributed by atoms with van der Waals surface area (Å²) in [5.41, 5.74) is 14.4. The Kier molecular flexibility index (Phi) is 8.42.